The molecule has 0 bridgehead atoms. The van der Waals surface area contributed by atoms with Gasteiger partial charge in [-0.3, -0.25) is 9.59 Å². The van der Waals surface area contributed by atoms with Gasteiger partial charge in [-0.15, -0.1) is 0 Å². The quantitative estimate of drug-likeness (QED) is 0.559. The van der Waals surface area contributed by atoms with Crippen molar-refractivity contribution < 1.29 is 9.59 Å². The molecule has 0 unspecified atom stereocenters. The summed E-state index contributed by atoms with van der Waals surface area (Å²) in [7, 11) is 0. The molecule has 0 atom stereocenters. The van der Waals surface area contributed by atoms with Crippen LogP contribution in [0.5, 0.6) is 0 Å². The number of hydrogen-bond acceptors (Lipinski definition) is 2. The molecular weight excluding hydrogens is 384 g/mol. The summed E-state index contributed by atoms with van der Waals surface area (Å²) in [4.78, 5) is 25.6. The number of halogens is 2. The lowest BCUT2D eigenvalue weighted by Gasteiger charge is -2.22. The maximum atomic E-state index is 12.8. The van der Waals surface area contributed by atoms with Crippen LogP contribution >= 0.6 is 31.9 Å². The number of fused-ring (bicyclic) bond motifs is 2. The number of benzene rings is 2. The molecule has 0 heterocycles. The van der Waals surface area contributed by atoms with Crippen LogP contribution in [0.25, 0.3) is 0 Å². The van der Waals surface area contributed by atoms with Crippen molar-refractivity contribution in [3.63, 3.8) is 0 Å². The molecular formula is C16H10Br2O2. The zero-order valence-electron chi connectivity index (χ0n) is 10.9. The van der Waals surface area contributed by atoms with E-state index in [1.165, 1.54) is 0 Å². The van der Waals surface area contributed by atoms with Crippen LogP contribution in [-0.2, 0) is 0 Å². The Morgan fingerprint density at radius 1 is 0.650 bits per heavy atom. The SMILES string of the molecule is Cc1ccc(Br)c2c1C(=O)c1c(Br)ccc(C)c1C2=O. The summed E-state index contributed by atoms with van der Waals surface area (Å²) in [6.07, 6.45) is 0. The molecule has 0 N–H and O–H groups in total. The monoisotopic (exact) mass is 392 g/mol. The van der Waals surface area contributed by atoms with E-state index in [1.54, 1.807) is 0 Å². The highest BCUT2D eigenvalue weighted by Crippen LogP contribution is 2.37. The van der Waals surface area contributed by atoms with Crippen LogP contribution in [0.1, 0.15) is 43.0 Å². The number of aryl methyl sites for hydroxylation is 2. The number of carbonyl (C=O) groups is 2. The standard InChI is InChI=1S/C16H10Br2O2/c1-7-3-5-9(17)13-11(7)15(19)14-10(18)6-4-8(2)12(14)16(13)20/h3-6H,1-2H3. The Balaban J connectivity index is 2.46. The smallest absolute Gasteiger partial charge is 0.195 e. The lowest BCUT2D eigenvalue weighted by molar-refractivity contribution is 0.0977. The molecule has 20 heavy (non-hydrogen) atoms. The average molecular weight is 394 g/mol. The summed E-state index contributed by atoms with van der Waals surface area (Å²) >= 11 is 6.79. The Bertz CT molecular complexity index is 662. The van der Waals surface area contributed by atoms with Gasteiger partial charge in [0.1, 0.15) is 0 Å². The van der Waals surface area contributed by atoms with Gasteiger partial charge in [0.15, 0.2) is 11.6 Å². The van der Waals surface area contributed by atoms with Crippen LogP contribution in [0.4, 0.5) is 0 Å². The van der Waals surface area contributed by atoms with Gasteiger partial charge in [-0.1, -0.05) is 44.0 Å². The molecule has 0 spiro atoms. The van der Waals surface area contributed by atoms with E-state index in [-0.39, 0.29) is 11.6 Å². The summed E-state index contributed by atoms with van der Waals surface area (Å²) in [5, 5.41) is 0. The molecule has 0 saturated heterocycles. The lowest BCUT2D eigenvalue weighted by atomic mass is 9.80. The molecule has 0 fully saturated rings. The van der Waals surface area contributed by atoms with Crippen molar-refractivity contribution >= 4 is 43.4 Å². The molecule has 1 aliphatic rings. The highest BCUT2D eigenvalue weighted by Gasteiger charge is 2.34. The van der Waals surface area contributed by atoms with Crippen molar-refractivity contribution in [3.8, 4) is 0 Å². The van der Waals surface area contributed by atoms with Crippen molar-refractivity contribution in [2.75, 3.05) is 0 Å². The molecule has 3 rings (SSSR count). The predicted molar refractivity (Wildman–Crippen MR) is 84.6 cm³/mol. The minimum absolute atomic E-state index is 0.0935. The first-order valence-electron chi connectivity index (χ1n) is 6.11. The topological polar surface area (TPSA) is 34.1 Å². The molecule has 100 valence electrons. The van der Waals surface area contributed by atoms with Crippen molar-refractivity contribution in [1.82, 2.24) is 0 Å². The summed E-state index contributed by atoms with van der Waals surface area (Å²) in [6, 6.07) is 7.33. The highest BCUT2D eigenvalue weighted by atomic mass is 79.9. The molecule has 2 aromatic rings. The van der Waals surface area contributed by atoms with Crippen molar-refractivity contribution in [1.29, 1.82) is 0 Å². The third-order valence-corrected chi connectivity index (χ3v) is 4.96. The van der Waals surface area contributed by atoms with E-state index in [0.717, 1.165) is 11.1 Å². The van der Waals surface area contributed by atoms with E-state index in [4.69, 9.17) is 0 Å². The zero-order valence-corrected chi connectivity index (χ0v) is 14.1. The fourth-order valence-corrected chi connectivity index (χ4v) is 3.66. The summed E-state index contributed by atoms with van der Waals surface area (Å²) in [5.41, 5.74) is 3.60. The maximum Gasteiger partial charge on any atom is 0.195 e. The van der Waals surface area contributed by atoms with Crippen molar-refractivity contribution in [3.05, 3.63) is 66.6 Å². The lowest BCUT2D eigenvalue weighted by Crippen LogP contribution is -2.24. The average Bonchev–Trinajstić information content (AvgIpc) is 2.41. The summed E-state index contributed by atoms with van der Waals surface area (Å²) in [5.74, 6) is -0.187. The van der Waals surface area contributed by atoms with E-state index in [2.05, 4.69) is 31.9 Å². The second kappa shape index (κ2) is 4.64. The van der Waals surface area contributed by atoms with Gasteiger partial charge < -0.3 is 0 Å². The molecule has 0 saturated carbocycles. The van der Waals surface area contributed by atoms with Crippen molar-refractivity contribution in [2.45, 2.75) is 13.8 Å². The number of hydrogen-bond donors (Lipinski definition) is 0. The predicted octanol–water partition coefficient (Wildman–Crippen LogP) is 4.60. The maximum absolute atomic E-state index is 12.8. The van der Waals surface area contributed by atoms with E-state index in [9.17, 15) is 9.59 Å². The Morgan fingerprint density at radius 2 is 1.00 bits per heavy atom. The van der Waals surface area contributed by atoms with Gasteiger partial charge in [0, 0.05) is 31.2 Å². The Labute approximate surface area is 133 Å². The van der Waals surface area contributed by atoms with E-state index >= 15 is 0 Å². The van der Waals surface area contributed by atoms with Crippen LogP contribution in [-0.4, -0.2) is 11.6 Å². The second-order valence-corrected chi connectivity index (χ2v) is 6.60. The van der Waals surface area contributed by atoms with Crippen LogP contribution in [0, 0.1) is 13.8 Å². The van der Waals surface area contributed by atoms with Gasteiger partial charge in [0.05, 0.1) is 0 Å². The Kier molecular flexibility index (Phi) is 3.18. The van der Waals surface area contributed by atoms with Crippen LogP contribution in [0.2, 0.25) is 0 Å². The van der Waals surface area contributed by atoms with E-state index in [0.29, 0.717) is 31.2 Å². The number of rotatable bonds is 0. The second-order valence-electron chi connectivity index (χ2n) is 4.89. The summed E-state index contributed by atoms with van der Waals surface area (Å²) in [6.45, 7) is 3.70. The number of carbonyl (C=O) groups excluding carboxylic acids is 2. The minimum Gasteiger partial charge on any atom is -0.289 e. The molecule has 0 radical (unpaired) electrons. The first-order chi connectivity index (χ1) is 9.43. The number of ketones is 2. The largest absolute Gasteiger partial charge is 0.289 e. The molecule has 0 amide bonds. The molecule has 1 aliphatic carbocycles. The fraction of sp³-hybridized carbons (Fsp3) is 0.125. The van der Waals surface area contributed by atoms with Crippen molar-refractivity contribution in [2.24, 2.45) is 0 Å². The highest BCUT2D eigenvalue weighted by molar-refractivity contribution is 9.10. The first kappa shape index (κ1) is 13.7. The minimum atomic E-state index is -0.0935. The fourth-order valence-electron chi connectivity index (χ4n) is 2.64. The van der Waals surface area contributed by atoms with Gasteiger partial charge >= 0.3 is 0 Å². The van der Waals surface area contributed by atoms with Gasteiger partial charge in [-0.2, -0.15) is 0 Å². The normalized spacial score (nSPS) is 13.2. The summed E-state index contributed by atoms with van der Waals surface area (Å²) < 4.78 is 1.34. The molecule has 2 nitrogen and oxygen atoms in total. The van der Waals surface area contributed by atoms with Gasteiger partial charge in [0.25, 0.3) is 0 Å². The van der Waals surface area contributed by atoms with E-state index in [1.807, 2.05) is 38.1 Å². The van der Waals surface area contributed by atoms with Gasteiger partial charge in [-0.05, 0) is 37.1 Å². The zero-order chi connectivity index (χ0) is 14.6. The van der Waals surface area contributed by atoms with Crippen LogP contribution < -0.4 is 0 Å². The third-order valence-electron chi connectivity index (χ3n) is 3.63. The molecule has 4 heteroatoms. The van der Waals surface area contributed by atoms with Gasteiger partial charge in [-0.25, -0.2) is 0 Å². The van der Waals surface area contributed by atoms with Gasteiger partial charge in [0.2, 0.25) is 0 Å². The Morgan fingerprint density at radius 3 is 1.35 bits per heavy atom. The first-order valence-corrected chi connectivity index (χ1v) is 7.69. The Hall–Kier alpha value is -1.26. The molecule has 0 aromatic heterocycles. The van der Waals surface area contributed by atoms with Crippen LogP contribution in [0.15, 0.2) is 33.2 Å². The van der Waals surface area contributed by atoms with E-state index < -0.39 is 0 Å². The molecule has 0 aliphatic heterocycles. The van der Waals surface area contributed by atoms with Crippen LogP contribution in [0.3, 0.4) is 0 Å². The third kappa shape index (κ3) is 1.75. The molecule has 2 aromatic carbocycles.